The summed E-state index contributed by atoms with van der Waals surface area (Å²) in [4.78, 5) is 24.9. The average molecular weight is 391 g/mol. The maximum Gasteiger partial charge on any atom is 0.267 e. The number of rotatable bonds is 6. The van der Waals surface area contributed by atoms with E-state index in [1.807, 2.05) is 6.92 Å². The molecule has 27 heavy (non-hydrogen) atoms. The van der Waals surface area contributed by atoms with E-state index >= 15 is 0 Å². The quantitative estimate of drug-likeness (QED) is 0.757. The van der Waals surface area contributed by atoms with Gasteiger partial charge in [-0.3, -0.25) is 9.59 Å². The molecular weight excluding hydrogens is 364 g/mol. The molecule has 2 aliphatic rings. The maximum atomic E-state index is 12.9. The van der Waals surface area contributed by atoms with Gasteiger partial charge in [0.2, 0.25) is 11.8 Å². The van der Waals surface area contributed by atoms with Gasteiger partial charge in [0.15, 0.2) is 0 Å². The molecule has 1 aliphatic carbocycles. The van der Waals surface area contributed by atoms with E-state index in [9.17, 15) is 18.0 Å². The SMILES string of the molecule is Cc1ccc(S(=O)(=O)N2C(=O)CC[C@@H]2C(=O)NCCC2=CCCCC2)cc1. The van der Waals surface area contributed by atoms with Gasteiger partial charge in [0.05, 0.1) is 4.90 Å². The molecule has 1 aliphatic heterocycles. The summed E-state index contributed by atoms with van der Waals surface area (Å²) in [6, 6.07) is 5.34. The van der Waals surface area contributed by atoms with Gasteiger partial charge in [-0.25, -0.2) is 12.7 Å². The van der Waals surface area contributed by atoms with Crippen molar-refractivity contribution in [3.63, 3.8) is 0 Å². The van der Waals surface area contributed by atoms with Crippen molar-refractivity contribution in [2.24, 2.45) is 0 Å². The largest absolute Gasteiger partial charge is 0.354 e. The Morgan fingerprint density at radius 1 is 1.19 bits per heavy atom. The monoisotopic (exact) mass is 390 g/mol. The molecule has 0 unspecified atom stereocenters. The summed E-state index contributed by atoms with van der Waals surface area (Å²) in [6.07, 6.45) is 7.83. The third-order valence-electron chi connectivity index (χ3n) is 5.17. The zero-order chi connectivity index (χ0) is 19.4. The van der Waals surface area contributed by atoms with Crippen LogP contribution in [-0.2, 0) is 19.6 Å². The van der Waals surface area contributed by atoms with Gasteiger partial charge in [-0.05, 0) is 57.6 Å². The lowest BCUT2D eigenvalue weighted by Crippen LogP contribution is -2.47. The van der Waals surface area contributed by atoms with Crippen LogP contribution in [0.15, 0.2) is 40.8 Å². The van der Waals surface area contributed by atoms with Crippen molar-refractivity contribution in [2.75, 3.05) is 6.54 Å². The molecule has 0 saturated carbocycles. The fourth-order valence-electron chi connectivity index (χ4n) is 3.62. The van der Waals surface area contributed by atoms with E-state index in [0.717, 1.165) is 29.1 Å². The number of hydrogen-bond donors (Lipinski definition) is 1. The number of hydrogen-bond acceptors (Lipinski definition) is 4. The number of carbonyl (C=O) groups excluding carboxylic acids is 2. The minimum atomic E-state index is -4.03. The molecule has 146 valence electrons. The Kier molecular flexibility index (Phi) is 5.99. The van der Waals surface area contributed by atoms with Gasteiger partial charge in [-0.15, -0.1) is 0 Å². The fourth-order valence-corrected chi connectivity index (χ4v) is 5.22. The number of carbonyl (C=O) groups is 2. The van der Waals surface area contributed by atoms with E-state index in [1.54, 1.807) is 12.1 Å². The minimum Gasteiger partial charge on any atom is -0.354 e. The van der Waals surface area contributed by atoms with Crippen LogP contribution in [0.1, 0.15) is 50.5 Å². The average Bonchev–Trinajstić information content (AvgIpc) is 3.05. The van der Waals surface area contributed by atoms with E-state index in [-0.39, 0.29) is 17.7 Å². The van der Waals surface area contributed by atoms with Crippen LogP contribution >= 0.6 is 0 Å². The first-order valence-electron chi connectivity index (χ1n) is 9.49. The van der Waals surface area contributed by atoms with Crippen LogP contribution in [-0.4, -0.2) is 37.1 Å². The topological polar surface area (TPSA) is 83.6 Å². The molecule has 1 aromatic carbocycles. The first kappa shape index (κ1) is 19.6. The van der Waals surface area contributed by atoms with Gasteiger partial charge in [0, 0.05) is 13.0 Å². The molecule has 3 rings (SSSR count). The molecule has 1 saturated heterocycles. The Morgan fingerprint density at radius 3 is 2.59 bits per heavy atom. The van der Waals surface area contributed by atoms with Crippen LogP contribution < -0.4 is 5.32 Å². The number of nitrogens with zero attached hydrogens (tertiary/aromatic N) is 1. The molecule has 1 fully saturated rings. The van der Waals surface area contributed by atoms with E-state index in [0.29, 0.717) is 6.54 Å². The van der Waals surface area contributed by atoms with Crippen molar-refractivity contribution in [1.82, 2.24) is 9.62 Å². The molecule has 1 atom stereocenters. The van der Waals surface area contributed by atoms with Gasteiger partial charge < -0.3 is 5.32 Å². The summed E-state index contributed by atoms with van der Waals surface area (Å²) >= 11 is 0. The highest BCUT2D eigenvalue weighted by Crippen LogP contribution is 2.27. The Balaban J connectivity index is 1.68. The molecule has 0 aromatic heterocycles. The van der Waals surface area contributed by atoms with Crippen LogP contribution in [0.4, 0.5) is 0 Å². The molecule has 0 radical (unpaired) electrons. The summed E-state index contributed by atoms with van der Waals surface area (Å²) in [5.41, 5.74) is 2.26. The Hall–Kier alpha value is -2.15. The molecule has 0 bridgehead atoms. The molecular formula is C20H26N2O4S. The van der Waals surface area contributed by atoms with Crippen molar-refractivity contribution >= 4 is 21.8 Å². The van der Waals surface area contributed by atoms with Gasteiger partial charge in [0.25, 0.3) is 10.0 Å². The van der Waals surface area contributed by atoms with Crippen molar-refractivity contribution in [3.8, 4) is 0 Å². The maximum absolute atomic E-state index is 12.9. The van der Waals surface area contributed by atoms with Crippen LogP contribution in [0.3, 0.4) is 0 Å². The lowest BCUT2D eigenvalue weighted by Gasteiger charge is -2.24. The van der Waals surface area contributed by atoms with Crippen LogP contribution in [0.2, 0.25) is 0 Å². The second-order valence-corrected chi connectivity index (χ2v) is 9.03. The molecule has 1 N–H and O–H groups in total. The number of allylic oxidation sites excluding steroid dienone is 1. The molecule has 1 aromatic rings. The van der Waals surface area contributed by atoms with Crippen molar-refractivity contribution in [2.45, 2.75) is 62.8 Å². The highest BCUT2D eigenvalue weighted by Gasteiger charge is 2.44. The van der Waals surface area contributed by atoms with Gasteiger partial charge in [0.1, 0.15) is 6.04 Å². The number of sulfonamides is 1. The molecule has 0 spiro atoms. The lowest BCUT2D eigenvalue weighted by atomic mass is 9.97. The first-order chi connectivity index (χ1) is 12.9. The normalized spacial score (nSPS) is 20.5. The molecule has 7 heteroatoms. The second kappa shape index (κ2) is 8.25. The lowest BCUT2D eigenvalue weighted by molar-refractivity contribution is -0.130. The number of amides is 2. The number of nitrogens with one attached hydrogen (secondary N) is 1. The third-order valence-corrected chi connectivity index (χ3v) is 7.02. The highest BCUT2D eigenvalue weighted by atomic mass is 32.2. The van der Waals surface area contributed by atoms with Crippen LogP contribution in [0, 0.1) is 6.92 Å². The number of benzene rings is 1. The van der Waals surface area contributed by atoms with Crippen molar-refractivity contribution in [1.29, 1.82) is 0 Å². The zero-order valence-electron chi connectivity index (χ0n) is 15.6. The predicted molar refractivity (Wildman–Crippen MR) is 102 cm³/mol. The van der Waals surface area contributed by atoms with Crippen LogP contribution in [0.5, 0.6) is 0 Å². The first-order valence-corrected chi connectivity index (χ1v) is 10.9. The Morgan fingerprint density at radius 2 is 1.93 bits per heavy atom. The van der Waals surface area contributed by atoms with E-state index in [4.69, 9.17) is 0 Å². The molecule has 2 amide bonds. The van der Waals surface area contributed by atoms with Gasteiger partial charge >= 0.3 is 0 Å². The smallest absolute Gasteiger partial charge is 0.267 e. The zero-order valence-corrected chi connectivity index (χ0v) is 16.4. The third kappa shape index (κ3) is 4.40. The van der Waals surface area contributed by atoms with Crippen LogP contribution in [0.25, 0.3) is 0 Å². The highest BCUT2D eigenvalue weighted by molar-refractivity contribution is 7.89. The second-order valence-electron chi connectivity index (χ2n) is 7.21. The minimum absolute atomic E-state index is 0.0357. The van der Waals surface area contributed by atoms with Gasteiger partial charge in [-0.2, -0.15) is 0 Å². The Labute approximate surface area is 160 Å². The summed E-state index contributed by atoms with van der Waals surface area (Å²) in [7, 11) is -4.03. The summed E-state index contributed by atoms with van der Waals surface area (Å²) in [6.45, 7) is 2.32. The summed E-state index contributed by atoms with van der Waals surface area (Å²) < 4.78 is 26.6. The molecule has 6 nitrogen and oxygen atoms in total. The number of aryl methyl sites for hydroxylation is 1. The van der Waals surface area contributed by atoms with Crippen molar-refractivity contribution in [3.05, 3.63) is 41.5 Å². The van der Waals surface area contributed by atoms with E-state index in [2.05, 4.69) is 11.4 Å². The molecule has 1 heterocycles. The summed E-state index contributed by atoms with van der Waals surface area (Å²) in [5, 5.41) is 2.82. The van der Waals surface area contributed by atoms with E-state index in [1.165, 1.54) is 30.5 Å². The van der Waals surface area contributed by atoms with Gasteiger partial charge in [-0.1, -0.05) is 29.3 Å². The fraction of sp³-hybridized carbons (Fsp3) is 0.500. The van der Waals surface area contributed by atoms with E-state index < -0.39 is 27.9 Å². The standard InChI is InChI=1S/C20H26N2O4S/c1-15-7-9-17(10-8-15)27(25,26)22-18(11-12-19(22)23)20(24)21-14-13-16-5-3-2-4-6-16/h5,7-10,18H,2-4,6,11-14H2,1H3,(H,21,24)/t18-/m1/s1. The Bertz CT molecular complexity index is 843. The van der Waals surface area contributed by atoms with Crippen molar-refractivity contribution < 1.29 is 18.0 Å². The predicted octanol–water partition coefficient (Wildman–Crippen LogP) is 2.68. The summed E-state index contributed by atoms with van der Waals surface area (Å²) in [5.74, 6) is -0.918.